The summed E-state index contributed by atoms with van der Waals surface area (Å²) in [6, 6.07) is 23.2. The van der Waals surface area contributed by atoms with Gasteiger partial charge in [0, 0.05) is 31.7 Å². The number of ketones is 1. The fourth-order valence-electron chi connectivity index (χ4n) is 4.99. The number of aliphatic hydroxyl groups excluding tert-OH is 1. The van der Waals surface area contributed by atoms with E-state index in [1.54, 1.807) is 48.4 Å². The van der Waals surface area contributed by atoms with Crippen LogP contribution in [0.2, 0.25) is 0 Å². The first-order valence-corrected chi connectivity index (χ1v) is 13.1. The van der Waals surface area contributed by atoms with Gasteiger partial charge < -0.3 is 24.2 Å². The third kappa shape index (κ3) is 5.82. The van der Waals surface area contributed by atoms with Crippen molar-refractivity contribution >= 4 is 17.4 Å². The fraction of sp³-hybridized carbons (Fsp3) is 0.290. The SMILES string of the molecule is COc1cc(C2/C(=C(\O)c3ccccc3)C(=O)C(=O)N2CCN2CCOCC2)ccc1OCc1ccccc1. The van der Waals surface area contributed by atoms with Crippen LogP contribution in [-0.2, 0) is 20.9 Å². The van der Waals surface area contributed by atoms with Crippen LogP contribution in [0.3, 0.4) is 0 Å². The van der Waals surface area contributed by atoms with E-state index in [0.717, 1.165) is 18.7 Å². The van der Waals surface area contributed by atoms with Crippen molar-refractivity contribution in [3.63, 3.8) is 0 Å². The number of hydrogen-bond acceptors (Lipinski definition) is 7. The van der Waals surface area contributed by atoms with E-state index in [-0.39, 0.29) is 11.3 Å². The van der Waals surface area contributed by atoms with Crippen LogP contribution in [0.15, 0.2) is 84.4 Å². The van der Waals surface area contributed by atoms with Crippen LogP contribution in [-0.4, -0.2) is 73.1 Å². The maximum absolute atomic E-state index is 13.3. The minimum absolute atomic E-state index is 0.0631. The van der Waals surface area contributed by atoms with Gasteiger partial charge in [-0.05, 0) is 23.3 Å². The lowest BCUT2D eigenvalue weighted by atomic mass is 9.95. The molecule has 0 saturated carbocycles. The molecule has 1 amide bonds. The van der Waals surface area contributed by atoms with Crippen LogP contribution in [0.5, 0.6) is 11.5 Å². The third-order valence-corrected chi connectivity index (χ3v) is 7.09. The zero-order valence-electron chi connectivity index (χ0n) is 21.9. The van der Waals surface area contributed by atoms with Gasteiger partial charge in [-0.2, -0.15) is 0 Å². The van der Waals surface area contributed by atoms with Gasteiger partial charge in [-0.3, -0.25) is 14.5 Å². The number of aliphatic hydroxyl groups is 1. The first-order valence-electron chi connectivity index (χ1n) is 13.1. The molecular weight excluding hydrogens is 496 g/mol. The fourth-order valence-corrected chi connectivity index (χ4v) is 4.99. The van der Waals surface area contributed by atoms with Crippen LogP contribution in [0.1, 0.15) is 22.7 Å². The number of carbonyl (C=O) groups is 2. The first-order chi connectivity index (χ1) is 19.1. The number of morpholine rings is 1. The Labute approximate surface area is 228 Å². The van der Waals surface area contributed by atoms with E-state index >= 15 is 0 Å². The number of nitrogens with zero attached hydrogens (tertiary/aromatic N) is 2. The Morgan fingerprint density at radius 1 is 0.923 bits per heavy atom. The van der Waals surface area contributed by atoms with Gasteiger partial charge in [-0.25, -0.2) is 0 Å². The summed E-state index contributed by atoms with van der Waals surface area (Å²) in [6.07, 6.45) is 0. The van der Waals surface area contributed by atoms with E-state index in [1.807, 2.05) is 42.5 Å². The van der Waals surface area contributed by atoms with E-state index in [1.165, 1.54) is 0 Å². The lowest BCUT2D eigenvalue weighted by Gasteiger charge is -2.31. The Hall–Kier alpha value is -4.14. The Morgan fingerprint density at radius 3 is 2.31 bits per heavy atom. The Bertz CT molecular complexity index is 1340. The summed E-state index contributed by atoms with van der Waals surface area (Å²) in [5.74, 6) is -0.516. The summed E-state index contributed by atoms with van der Waals surface area (Å²) in [5.41, 5.74) is 2.21. The summed E-state index contributed by atoms with van der Waals surface area (Å²) in [5, 5.41) is 11.3. The molecule has 1 unspecified atom stereocenters. The van der Waals surface area contributed by atoms with Crippen molar-refractivity contribution in [2.24, 2.45) is 0 Å². The first kappa shape index (κ1) is 26.5. The predicted molar refractivity (Wildman–Crippen MR) is 146 cm³/mol. The van der Waals surface area contributed by atoms with Crippen molar-refractivity contribution in [1.82, 2.24) is 9.80 Å². The molecule has 0 aliphatic carbocycles. The molecule has 2 saturated heterocycles. The van der Waals surface area contributed by atoms with Crippen molar-refractivity contribution in [3.05, 3.63) is 101 Å². The lowest BCUT2D eigenvalue weighted by molar-refractivity contribution is -0.140. The highest BCUT2D eigenvalue weighted by Gasteiger charge is 2.46. The van der Waals surface area contributed by atoms with E-state index in [2.05, 4.69) is 4.90 Å². The molecule has 8 heteroatoms. The molecule has 202 valence electrons. The molecule has 5 rings (SSSR count). The summed E-state index contributed by atoms with van der Waals surface area (Å²) >= 11 is 0. The minimum atomic E-state index is -0.775. The molecule has 0 spiro atoms. The van der Waals surface area contributed by atoms with Crippen molar-refractivity contribution in [3.8, 4) is 11.5 Å². The third-order valence-electron chi connectivity index (χ3n) is 7.09. The topological polar surface area (TPSA) is 88.5 Å². The zero-order valence-corrected chi connectivity index (χ0v) is 21.9. The van der Waals surface area contributed by atoms with E-state index in [4.69, 9.17) is 14.2 Å². The van der Waals surface area contributed by atoms with E-state index in [0.29, 0.717) is 55.5 Å². The zero-order chi connectivity index (χ0) is 27.2. The van der Waals surface area contributed by atoms with E-state index < -0.39 is 17.7 Å². The summed E-state index contributed by atoms with van der Waals surface area (Å²) in [4.78, 5) is 30.4. The standard InChI is InChI=1S/C31H32N2O6/c1-37-26-20-24(12-13-25(26)39-21-22-8-4-2-5-9-22)28-27(29(34)23-10-6-3-7-11-23)30(35)31(36)33(28)15-14-32-16-18-38-19-17-32/h2-13,20,28,34H,14-19,21H2,1H3/b29-27+. The van der Waals surface area contributed by atoms with Crippen molar-refractivity contribution in [2.75, 3.05) is 46.5 Å². The molecule has 3 aromatic carbocycles. The Kier molecular flexibility index (Phi) is 8.24. The van der Waals surface area contributed by atoms with Gasteiger partial charge in [0.2, 0.25) is 0 Å². The number of hydrogen-bond donors (Lipinski definition) is 1. The molecule has 2 fully saturated rings. The molecule has 1 N–H and O–H groups in total. The number of benzene rings is 3. The molecule has 0 radical (unpaired) electrons. The maximum atomic E-state index is 13.3. The Morgan fingerprint density at radius 2 is 1.62 bits per heavy atom. The normalized spacial score (nSPS) is 19.3. The Balaban J connectivity index is 1.49. The van der Waals surface area contributed by atoms with Gasteiger partial charge in [0.1, 0.15) is 12.4 Å². The van der Waals surface area contributed by atoms with Crippen LogP contribution in [0, 0.1) is 0 Å². The van der Waals surface area contributed by atoms with Crippen molar-refractivity contribution in [2.45, 2.75) is 12.6 Å². The van der Waals surface area contributed by atoms with Crippen LogP contribution < -0.4 is 9.47 Å². The minimum Gasteiger partial charge on any atom is -0.507 e. The number of ether oxygens (including phenoxy) is 3. The molecule has 2 aliphatic rings. The number of carbonyl (C=O) groups excluding carboxylic acids is 2. The molecule has 0 aromatic heterocycles. The van der Waals surface area contributed by atoms with Gasteiger partial charge in [-0.1, -0.05) is 66.7 Å². The maximum Gasteiger partial charge on any atom is 0.295 e. The van der Waals surface area contributed by atoms with Gasteiger partial charge >= 0.3 is 0 Å². The molecule has 0 bridgehead atoms. The molecule has 39 heavy (non-hydrogen) atoms. The highest BCUT2D eigenvalue weighted by atomic mass is 16.5. The smallest absolute Gasteiger partial charge is 0.295 e. The summed E-state index contributed by atoms with van der Waals surface area (Å²) in [7, 11) is 1.55. The monoisotopic (exact) mass is 528 g/mol. The van der Waals surface area contributed by atoms with Crippen molar-refractivity contribution < 1.29 is 28.9 Å². The highest BCUT2D eigenvalue weighted by Crippen LogP contribution is 2.42. The second kappa shape index (κ2) is 12.1. The van der Waals surface area contributed by atoms with Gasteiger partial charge in [0.15, 0.2) is 11.5 Å². The molecule has 8 nitrogen and oxygen atoms in total. The lowest BCUT2D eigenvalue weighted by Crippen LogP contribution is -2.42. The van der Waals surface area contributed by atoms with Crippen LogP contribution >= 0.6 is 0 Å². The predicted octanol–water partition coefficient (Wildman–Crippen LogP) is 4.03. The number of likely N-dealkylation sites (tertiary alicyclic amines) is 1. The second-order valence-electron chi connectivity index (χ2n) is 9.50. The highest BCUT2D eigenvalue weighted by molar-refractivity contribution is 6.46. The van der Waals surface area contributed by atoms with Crippen molar-refractivity contribution in [1.29, 1.82) is 0 Å². The van der Waals surface area contributed by atoms with Crippen LogP contribution in [0.4, 0.5) is 0 Å². The molecule has 3 aromatic rings. The number of rotatable bonds is 9. The van der Waals surface area contributed by atoms with E-state index in [9.17, 15) is 14.7 Å². The van der Waals surface area contributed by atoms with Gasteiger partial charge in [0.25, 0.3) is 11.7 Å². The molecule has 1 atom stereocenters. The number of amides is 1. The largest absolute Gasteiger partial charge is 0.507 e. The molecule has 2 aliphatic heterocycles. The average Bonchev–Trinajstić information content (AvgIpc) is 3.25. The quantitative estimate of drug-likeness (QED) is 0.255. The summed E-state index contributed by atoms with van der Waals surface area (Å²) < 4.78 is 17.1. The average molecular weight is 529 g/mol. The second-order valence-corrected chi connectivity index (χ2v) is 9.50. The molecular formula is C31H32N2O6. The number of Topliss-reactive ketones (excluding diaryl/α,β-unsaturated/α-hetero) is 1. The molecule has 2 heterocycles. The van der Waals surface area contributed by atoms with Crippen LogP contribution in [0.25, 0.3) is 5.76 Å². The number of methoxy groups -OCH3 is 1. The van der Waals surface area contributed by atoms with Gasteiger partial charge in [-0.15, -0.1) is 0 Å². The summed E-state index contributed by atoms with van der Waals surface area (Å²) in [6.45, 7) is 4.08. The van der Waals surface area contributed by atoms with Gasteiger partial charge in [0.05, 0.1) is 31.9 Å².